The van der Waals surface area contributed by atoms with Crippen LogP contribution in [0.4, 0.5) is 10.1 Å². The van der Waals surface area contributed by atoms with Crippen LogP contribution in [0.25, 0.3) is 21.9 Å². The number of hydrogen-bond acceptors (Lipinski definition) is 3. The lowest BCUT2D eigenvalue weighted by Gasteiger charge is -2.10. The van der Waals surface area contributed by atoms with Gasteiger partial charge in [-0.2, -0.15) is 0 Å². The zero-order valence-electron chi connectivity index (χ0n) is 11.3. The second-order valence-electron chi connectivity index (χ2n) is 4.79. The van der Waals surface area contributed by atoms with Crippen molar-refractivity contribution in [2.75, 3.05) is 0 Å². The van der Waals surface area contributed by atoms with Gasteiger partial charge in [0.25, 0.3) is 5.69 Å². The molecule has 0 aromatic heterocycles. The van der Waals surface area contributed by atoms with Crippen molar-refractivity contribution in [1.82, 2.24) is 0 Å². The Morgan fingerprint density at radius 2 is 1.82 bits per heavy atom. The Balaban J connectivity index is 2.45. The van der Waals surface area contributed by atoms with E-state index in [1.54, 1.807) is 18.2 Å². The Kier molecular flexibility index (Phi) is 3.39. The van der Waals surface area contributed by atoms with Crippen molar-refractivity contribution >= 4 is 22.7 Å². The first kappa shape index (κ1) is 13.9. The van der Waals surface area contributed by atoms with Crippen molar-refractivity contribution in [2.24, 2.45) is 0 Å². The summed E-state index contributed by atoms with van der Waals surface area (Å²) in [6.07, 6.45) is 0.504. The van der Waals surface area contributed by atoms with E-state index in [9.17, 15) is 19.3 Å². The largest absolute Gasteiger partial charge is 0.298 e. The second-order valence-corrected chi connectivity index (χ2v) is 4.79. The van der Waals surface area contributed by atoms with Gasteiger partial charge in [0.15, 0.2) is 6.29 Å². The monoisotopic (exact) mass is 295 g/mol. The minimum Gasteiger partial charge on any atom is -0.298 e. The fourth-order valence-corrected chi connectivity index (χ4v) is 2.55. The molecule has 0 aliphatic heterocycles. The summed E-state index contributed by atoms with van der Waals surface area (Å²) in [5.41, 5.74) is 0.637. The molecule has 3 aromatic carbocycles. The highest BCUT2D eigenvalue weighted by molar-refractivity contribution is 6.04. The van der Waals surface area contributed by atoms with Gasteiger partial charge < -0.3 is 0 Å². The first-order valence-corrected chi connectivity index (χ1v) is 6.53. The highest BCUT2D eigenvalue weighted by atomic mass is 19.1. The standard InChI is InChI=1S/C17H10FNO3/c18-13-6-7-15(12(9-13)10-20)17-14-4-2-1-3-11(14)5-8-16(17)19(21)22/h1-10H. The lowest BCUT2D eigenvalue weighted by atomic mass is 9.93. The first-order chi connectivity index (χ1) is 10.6. The van der Waals surface area contributed by atoms with Crippen molar-refractivity contribution in [3.63, 3.8) is 0 Å². The molecule has 4 nitrogen and oxygen atoms in total. The van der Waals surface area contributed by atoms with Gasteiger partial charge in [0, 0.05) is 11.6 Å². The lowest BCUT2D eigenvalue weighted by molar-refractivity contribution is -0.384. The van der Waals surface area contributed by atoms with Crippen LogP contribution in [0.5, 0.6) is 0 Å². The van der Waals surface area contributed by atoms with Crippen molar-refractivity contribution < 1.29 is 14.1 Å². The van der Waals surface area contributed by atoms with Gasteiger partial charge in [0.1, 0.15) is 5.82 Å². The third kappa shape index (κ3) is 2.22. The number of carbonyl (C=O) groups is 1. The Morgan fingerprint density at radius 3 is 2.55 bits per heavy atom. The molecule has 0 radical (unpaired) electrons. The number of rotatable bonds is 3. The Hall–Kier alpha value is -3.08. The third-order valence-corrected chi connectivity index (χ3v) is 3.51. The summed E-state index contributed by atoms with van der Waals surface area (Å²) < 4.78 is 13.3. The number of nitrogens with zero attached hydrogens (tertiary/aromatic N) is 1. The maximum Gasteiger partial charge on any atom is 0.277 e. The molecule has 0 fully saturated rings. The summed E-state index contributed by atoms with van der Waals surface area (Å²) >= 11 is 0. The number of benzene rings is 3. The first-order valence-electron chi connectivity index (χ1n) is 6.53. The van der Waals surface area contributed by atoms with Crippen LogP contribution in [0.3, 0.4) is 0 Å². The number of fused-ring (bicyclic) bond motifs is 1. The van der Waals surface area contributed by atoms with Gasteiger partial charge >= 0.3 is 0 Å². The molecule has 0 heterocycles. The van der Waals surface area contributed by atoms with Crippen LogP contribution in [0.15, 0.2) is 54.6 Å². The Labute approximate surface area is 125 Å². The minimum atomic E-state index is -0.561. The molecule has 3 aromatic rings. The van der Waals surface area contributed by atoms with E-state index in [4.69, 9.17) is 0 Å². The fourth-order valence-electron chi connectivity index (χ4n) is 2.55. The van der Waals surface area contributed by atoms with E-state index in [-0.39, 0.29) is 11.3 Å². The summed E-state index contributed by atoms with van der Waals surface area (Å²) in [5, 5.41) is 12.8. The van der Waals surface area contributed by atoms with Crippen LogP contribution in [0, 0.1) is 15.9 Å². The van der Waals surface area contributed by atoms with E-state index in [0.717, 1.165) is 11.5 Å². The van der Waals surface area contributed by atoms with Crippen LogP contribution < -0.4 is 0 Å². The maximum atomic E-state index is 13.3. The van der Waals surface area contributed by atoms with Crippen LogP contribution in [0.1, 0.15) is 10.4 Å². The SMILES string of the molecule is O=Cc1cc(F)ccc1-c1c([N+](=O)[O-])ccc2ccccc12. The van der Waals surface area contributed by atoms with Gasteiger partial charge in [-0.15, -0.1) is 0 Å². The number of hydrogen-bond donors (Lipinski definition) is 0. The molecule has 0 amide bonds. The topological polar surface area (TPSA) is 60.2 Å². The molecular formula is C17H10FNO3. The van der Waals surface area contributed by atoms with Gasteiger partial charge in [-0.25, -0.2) is 4.39 Å². The van der Waals surface area contributed by atoms with E-state index in [1.165, 1.54) is 18.2 Å². The van der Waals surface area contributed by atoms with Crippen molar-refractivity contribution in [3.8, 4) is 11.1 Å². The molecule has 0 bridgehead atoms. The molecule has 108 valence electrons. The summed E-state index contributed by atoms with van der Waals surface area (Å²) in [6, 6.07) is 13.9. The van der Waals surface area contributed by atoms with Crippen LogP contribution in [0.2, 0.25) is 0 Å². The zero-order valence-corrected chi connectivity index (χ0v) is 11.3. The van der Waals surface area contributed by atoms with Gasteiger partial charge in [0.2, 0.25) is 0 Å². The molecule has 5 heteroatoms. The second kappa shape index (κ2) is 5.37. The van der Waals surface area contributed by atoms with E-state index < -0.39 is 10.7 Å². The van der Waals surface area contributed by atoms with Crippen LogP contribution in [-0.4, -0.2) is 11.2 Å². The summed E-state index contributed by atoms with van der Waals surface area (Å²) in [7, 11) is 0. The third-order valence-electron chi connectivity index (χ3n) is 3.51. The van der Waals surface area contributed by atoms with Crippen molar-refractivity contribution in [3.05, 3.63) is 76.1 Å². The summed E-state index contributed by atoms with van der Waals surface area (Å²) in [4.78, 5) is 22.1. The van der Waals surface area contributed by atoms with Gasteiger partial charge in [-0.1, -0.05) is 30.3 Å². The average Bonchev–Trinajstić information content (AvgIpc) is 2.53. The quantitative estimate of drug-likeness (QED) is 0.409. The smallest absolute Gasteiger partial charge is 0.277 e. The van der Waals surface area contributed by atoms with E-state index >= 15 is 0 Å². The normalized spacial score (nSPS) is 10.6. The molecule has 3 rings (SSSR count). The molecular weight excluding hydrogens is 285 g/mol. The van der Waals surface area contributed by atoms with E-state index in [0.29, 0.717) is 22.8 Å². The van der Waals surface area contributed by atoms with Crippen LogP contribution >= 0.6 is 0 Å². The van der Waals surface area contributed by atoms with E-state index in [1.807, 2.05) is 12.1 Å². The average molecular weight is 295 g/mol. The predicted octanol–water partition coefficient (Wildman–Crippen LogP) is 4.37. The maximum absolute atomic E-state index is 13.3. The minimum absolute atomic E-state index is 0.0828. The summed E-state index contributed by atoms with van der Waals surface area (Å²) in [5.74, 6) is -0.561. The van der Waals surface area contributed by atoms with Crippen molar-refractivity contribution in [2.45, 2.75) is 0 Å². The molecule has 0 saturated heterocycles. The zero-order chi connectivity index (χ0) is 15.7. The molecule has 0 unspecified atom stereocenters. The van der Waals surface area contributed by atoms with Gasteiger partial charge in [-0.05, 0) is 34.5 Å². The molecule has 22 heavy (non-hydrogen) atoms. The number of carbonyl (C=O) groups excluding carboxylic acids is 1. The molecule has 0 atom stereocenters. The Bertz CT molecular complexity index is 906. The molecule has 0 aliphatic carbocycles. The highest BCUT2D eigenvalue weighted by Crippen LogP contribution is 2.38. The highest BCUT2D eigenvalue weighted by Gasteiger charge is 2.20. The predicted molar refractivity (Wildman–Crippen MR) is 81.4 cm³/mol. The number of aldehydes is 1. The Morgan fingerprint density at radius 1 is 1.05 bits per heavy atom. The molecule has 0 saturated carbocycles. The molecule has 0 spiro atoms. The lowest BCUT2D eigenvalue weighted by Crippen LogP contribution is -1.96. The van der Waals surface area contributed by atoms with E-state index in [2.05, 4.69) is 0 Å². The van der Waals surface area contributed by atoms with Crippen LogP contribution in [-0.2, 0) is 0 Å². The van der Waals surface area contributed by atoms with Crippen molar-refractivity contribution in [1.29, 1.82) is 0 Å². The molecule has 0 aliphatic rings. The number of halogens is 1. The summed E-state index contributed by atoms with van der Waals surface area (Å²) in [6.45, 7) is 0. The van der Waals surface area contributed by atoms with Gasteiger partial charge in [-0.3, -0.25) is 14.9 Å². The number of nitro benzene ring substituents is 1. The van der Waals surface area contributed by atoms with Gasteiger partial charge in [0.05, 0.1) is 10.5 Å². The molecule has 0 N–H and O–H groups in total. The fraction of sp³-hybridized carbons (Fsp3) is 0. The number of nitro groups is 1.